The van der Waals surface area contributed by atoms with Gasteiger partial charge in [0.2, 0.25) is 0 Å². The summed E-state index contributed by atoms with van der Waals surface area (Å²) in [5.74, 6) is 1.69. The van der Waals surface area contributed by atoms with Crippen LogP contribution in [0.25, 0.3) is 0 Å². The standard InChI is InChI=1S/C18H26O3/c1-12-6-7-13-4-2-3-5-17(13)16(12)9-8-15-10-14(19)11-18(20)21-15/h4,6-7,12,14-17,19H,2-3,5,8-11H2,1H3/t12-,14-,15+,16+,17+/m1/s1. The summed E-state index contributed by atoms with van der Waals surface area (Å²) in [5, 5.41) is 9.71. The van der Waals surface area contributed by atoms with Crippen molar-refractivity contribution in [2.75, 3.05) is 0 Å². The van der Waals surface area contributed by atoms with Gasteiger partial charge in [0.15, 0.2) is 0 Å². The molecule has 0 bridgehead atoms. The van der Waals surface area contributed by atoms with Gasteiger partial charge in [0, 0.05) is 6.42 Å². The van der Waals surface area contributed by atoms with E-state index in [0.29, 0.717) is 24.2 Å². The van der Waals surface area contributed by atoms with E-state index in [1.807, 2.05) is 0 Å². The first kappa shape index (κ1) is 14.8. The normalized spacial score (nSPS) is 39.4. The molecular formula is C18H26O3. The number of rotatable bonds is 3. The number of aliphatic hydroxyl groups excluding tert-OH is 1. The summed E-state index contributed by atoms with van der Waals surface area (Å²) < 4.78 is 5.39. The van der Waals surface area contributed by atoms with Crippen LogP contribution < -0.4 is 0 Å². The molecule has 1 fully saturated rings. The largest absolute Gasteiger partial charge is 0.462 e. The van der Waals surface area contributed by atoms with Crippen molar-refractivity contribution in [3.8, 4) is 0 Å². The van der Waals surface area contributed by atoms with E-state index in [0.717, 1.165) is 12.8 Å². The molecule has 0 aromatic heterocycles. The quantitative estimate of drug-likeness (QED) is 0.811. The van der Waals surface area contributed by atoms with Crippen molar-refractivity contribution in [1.29, 1.82) is 0 Å². The second-order valence-electron chi connectivity index (χ2n) is 6.91. The van der Waals surface area contributed by atoms with E-state index in [1.54, 1.807) is 0 Å². The van der Waals surface area contributed by atoms with Crippen molar-refractivity contribution in [3.05, 3.63) is 23.8 Å². The fraction of sp³-hybridized carbons (Fsp3) is 0.722. The maximum absolute atomic E-state index is 11.4. The van der Waals surface area contributed by atoms with Crippen molar-refractivity contribution in [2.45, 2.75) is 64.1 Å². The molecule has 0 aromatic carbocycles. The van der Waals surface area contributed by atoms with Gasteiger partial charge < -0.3 is 9.84 Å². The van der Waals surface area contributed by atoms with Gasteiger partial charge in [-0.3, -0.25) is 4.79 Å². The second kappa shape index (κ2) is 6.35. The number of hydrogen-bond acceptors (Lipinski definition) is 3. The van der Waals surface area contributed by atoms with Crippen molar-refractivity contribution >= 4 is 5.97 Å². The van der Waals surface area contributed by atoms with E-state index in [1.165, 1.54) is 24.8 Å². The number of fused-ring (bicyclic) bond motifs is 1. The molecule has 1 heterocycles. The van der Waals surface area contributed by atoms with Gasteiger partial charge in [-0.2, -0.15) is 0 Å². The zero-order chi connectivity index (χ0) is 14.8. The van der Waals surface area contributed by atoms with Crippen molar-refractivity contribution < 1.29 is 14.6 Å². The minimum absolute atomic E-state index is 0.0876. The van der Waals surface area contributed by atoms with Crippen molar-refractivity contribution in [1.82, 2.24) is 0 Å². The van der Waals surface area contributed by atoms with Gasteiger partial charge in [0.05, 0.1) is 12.5 Å². The zero-order valence-corrected chi connectivity index (χ0v) is 12.8. The van der Waals surface area contributed by atoms with Crippen LogP contribution in [0.1, 0.15) is 51.9 Å². The van der Waals surface area contributed by atoms with Gasteiger partial charge >= 0.3 is 5.97 Å². The van der Waals surface area contributed by atoms with Gasteiger partial charge in [-0.25, -0.2) is 0 Å². The number of hydrogen-bond donors (Lipinski definition) is 1. The molecule has 0 radical (unpaired) electrons. The molecule has 0 unspecified atom stereocenters. The summed E-state index contributed by atoms with van der Waals surface area (Å²) >= 11 is 0. The van der Waals surface area contributed by atoms with Crippen LogP contribution in [0.5, 0.6) is 0 Å². The lowest BCUT2D eigenvalue weighted by atomic mass is 9.68. The molecule has 0 saturated carbocycles. The fourth-order valence-corrected chi connectivity index (χ4v) is 4.23. The molecule has 2 aliphatic carbocycles. The maximum atomic E-state index is 11.4. The number of cyclic esters (lactones) is 1. The first-order valence-electron chi connectivity index (χ1n) is 8.39. The van der Waals surface area contributed by atoms with Crippen LogP contribution in [0.2, 0.25) is 0 Å². The highest BCUT2D eigenvalue weighted by Crippen LogP contribution is 2.42. The molecule has 1 N–H and O–H groups in total. The van der Waals surface area contributed by atoms with Crippen LogP contribution >= 0.6 is 0 Å². The first-order valence-corrected chi connectivity index (χ1v) is 8.39. The molecule has 3 heteroatoms. The molecule has 0 amide bonds. The van der Waals surface area contributed by atoms with Crippen molar-refractivity contribution in [2.24, 2.45) is 17.8 Å². The Bertz CT molecular complexity index is 451. The third kappa shape index (κ3) is 3.39. The van der Waals surface area contributed by atoms with Crippen LogP contribution in [-0.2, 0) is 9.53 Å². The van der Waals surface area contributed by atoms with Crippen LogP contribution in [0.3, 0.4) is 0 Å². The van der Waals surface area contributed by atoms with Crippen LogP contribution in [-0.4, -0.2) is 23.3 Å². The number of allylic oxidation sites excluding steroid dienone is 4. The molecule has 5 atom stereocenters. The smallest absolute Gasteiger partial charge is 0.308 e. The van der Waals surface area contributed by atoms with Crippen molar-refractivity contribution in [3.63, 3.8) is 0 Å². The lowest BCUT2D eigenvalue weighted by molar-refractivity contribution is -0.160. The van der Waals surface area contributed by atoms with Gasteiger partial charge in [0.25, 0.3) is 0 Å². The van der Waals surface area contributed by atoms with E-state index in [4.69, 9.17) is 4.74 Å². The molecule has 3 rings (SSSR count). The van der Waals surface area contributed by atoms with Gasteiger partial charge in [0.1, 0.15) is 6.10 Å². The third-order valence-corrected chi connectivity index (χ3v) is 5.37. The van der Waals surface area contributed by atoms with Gasteiger partial charge in [-0.15, -0.1) is 0 Å². The molecule has 116 valence electrons. The fourth-order valence-electron chi connectivity index (χ4n) is 4.23. The van der Waals surface area contributed by atoms with Gasteiger partial charge in [-0.05, 0) is 55.4 Å². The van der Waals surface area contributed by atoms with E-state index >= 15 is 0 Å². The predicted molar refractivity (Wildman–Crippen MR) is 81.6 cm³/mol. The third-order valence-electron chi connectivity index (χ3n) is 5.37. The van der Waals surface area contributed by atoms with E-state index in [-0.39, 0.29) is 18.5 Å². The molecule has 21 heavy (non-hydrogen) atoms. The highest BCUT2D eigenvalue weighted by Gasteiger charge is 2.33. The van der Waals surface area contributed by atoms with Crippen LogP contribution in [0.4, 0.5) is 0 Å². The molecule has 0 aromatic rings. The number of ether oxygens (including phenoxy) is 1. The Morgan fingerprint density at radius 1 is 1.38 bits per heavy atom. The Kier molecular flexibility index (Phi) is 4.48. The summed E-state index contributed by atoms with van der Waals surface area (Å²) in [5.41, 5.74) is 1.52. The molecule has 3 aliphatic rings. The molecule has 1 saturated heterocycles. The highest BCUT2D eigenvalue weighted by atomic mass is 16.5. The van der Waals surface area contributed by atoms with E-state index in [9.17, 15) is 9.90 Å². The Balaban J connectivity index is 1.61. The minimum Gasteiger partial charge on any atom is -0.462 e. The topological polar surface area (TPSA) is 46.5 Å². The number of carbonyl (C=O) groups excluding carboxylic acids is 1. The SMILES string of the molecule is C[C@@H]1C=CC2=CCCC[C@@H]2[C@H]1CC[C@H]1C[C@@H](O)CC(=O)O1. The number of carbonyl (C=O) groups is 1. The molecule has 1 aliphatic heterocycles. The van der Waals surface area contributed by atoms with Crippen LogP contribution in [0.15, 0.2) is 23.8 Å². The predicted octanol–water partition coefficient (Wildman–Crippen LogP) is 3.38. The van der Waals surface area contributed by atoms with E-state index in [2.05, 4.69) is 25.2 Å². The minimum atomic E-state index is -0.509. The monoisotopic (exact) mass is 290 g/mol. The molecule has 3 nitrogen and oxygen atoms in total. The number of esters is 1. The Hall–Kier alpha value is -1.09. The lowest BCUT2D eigenvalue weighted by Crippen LogP contribution is -2.34. The van der Waals surface area contributed by atoms with E-state index < -0.39 is 6.10 Å². The van der Waals surface area contributed by atoms with Gasteiger partial charge in [-0.1, -0.05) is 25.2 Å². The summed E-state index contributed by atoms with van der Waals surface area (Å²) in [7, 11) is 0. The average molecular weight is 290 g/mol. The first-order chi connectivity index (χ1) is 10.1. The summed E-state index contributed by atoms with van der Waals surface area (Å²) in [6.07, 6.45) is 13.0. The maximum Gasteiger partial charge on any atom is 0.308 e. The average Bonchev–Trinajstić information content (AvgIpc) is 2.45. The summed E-state index contributed by atoms with van der Waals surface area (Å²) in [4.78, 5) is 11.4. The second-order valence-corrected chi connectivity index (χ2v) is 6.91. The Morgan fingerprint density at radius 2 is 2.24 bits per heavy atom. The summed E-state index contributed by atoms with van der Waals surface area (Å²) in [6.45, 7) is 2.30. The highest BCUT2D eigenvalue weighted by molar-refractivity contribution is 5.70. The Labute approximate surface area is 127 Å². The van der Waals surface area contributed by atoms with Crippen LogP contribution in [0, 0.1) is 17.8 Å². The Morgan fingerprint density at radius 3 is 3.05 bits per heavy atom. The molecular weight excluding hydrogens is 264 g/mol. The summed E-state index contributed by atoms with van der Waals surface area (Å²) in [6, 6.07) is 0. The molecule has 0 spiro atoms. The number of aliphatic hydroxyl groups is 1. The zero-order valence-electron chi connectivity index (χ0n) is 12.8. The lowest BCUT2D eigenvalue weighted by Gasteiger charge is -2.38.